The van der Waals surface area contributed by atoms with E-state index >= 15 is 0 Å². The summed E-state index contributed by atoms with van der Waals surface area (Å²) in [7, 11) is 0. The maximum atomic E-state index is 12.7. The Bertz CT molecular complexity index is 581. The van der Waals surface area contributed by atoms with Crippen LogP contribution in [-0.2, 0) is 9.47 Å². The zero-order chi connectivity index (χ0) is 18.8. The molecule has 1 saturated carbocycles. The molecule has 0 amide bonds. The molecule has 1 aliphatic rings. The number of unbranched alkanes of at least 4 members (excludes halogenated alkanes) is 3. The molecular formula is C22H32O4. The number of rotatable bonds is 9. The minimum atomic E-state index is -0.440. The molecule has 2 atom stereocenters. The largest absolute Gasteiger partial charge is 0.462 e. The van der Waals surface area contributed by atoms with E-state index in [0.717, 1.165) is 51.4 Å². The van der Waals surface area contributed by atoms with Crippen LogP contribution in [0.25, 0.3) is 0 Å². The van der Waals surface area contributed by atoms with Crippen molar-refractivity contribution in [3.63, 3.8) is 0 Å². The molecular weight excluding hydrogens is 328 g/mol. The number of esters is 2. The minimum Gasteiger partial charge on any atom is -0.462 e. The lowest BCUT2D eigenvalue weighted by Crippen LogP contribution is -2.30. The topological polar surface area (TPSA) is 52.6 Å². The Kier molecular flexibility index (Phi) is 8.66. The fourth-order valence-corrected chi connectivity index (χ4v) is 3.61. The van der Waals surface area contributed by atoms with Crippen LogP contribution in [0.3, 0.4) is 0 Å². The highest BCUT2D eigenvalue weighted by molar-refractivity contribution is 6.03. The molecule has 1 fully saturated rings. The lowest BCUT2D eigenvalue weighted by Gasteiger charge is -2.30. The summed E-state index contributed by atoms with van der Waals surface area (Å²) in [4.78, 5) is 25.1. The van der Waals surface area contributed by atoms with Crippen molar-refractivity contribution in [2.45, 2.75) is 77.7 Å². The minimum absolute atomic E-state index is 0.0422. The Hall–Kier alpha value is -1.84. The second-order valence-electron chi connectivity index (χ2n) is 7.14. The van der Waals surface area contributed by atoms with Crippen LogP contribution in [0, 0.1) is 5.92 Å². The summed E-state index contributed by atoms with van der Waals surface area (Å²) in [5, 5.41) is 0. The van der Waals surface area contributed by atoms with E-state index in [1.807, 2.05) is 0 Å². The molecule has 0 saturated heterocycles. The summed E-state index contributed by atoms with van der Waals surface area (Å²) in [6, 6.07) is 6.80. The molecule has 144 valence electrons. The first kappa shape index (κ1) is 20.5. The molecule has 0 spiro atoms. The van der Waals surface area contributed by atoms with Gasteiger partial charge in [-0.25, -0.2) is 9.59 Å². The maximum absolute atomic E-state index is 12.7. The van der Waals surface area contributed by atoms with Crippen LogP contribution in [0.2, 0.25) is 0 Å². The zero-order valence-corrected chi connectivity index (χ0v) is 16.2. The summed E-state index contributed by atoms with van der Waals surface area (Å²) in [5.41, 5.74) is 0.614. The number of hydrogen-bond acceptors (Lipinski definition) is 4. The average molecular weight is 360 g/mol. The quantitative estimate of drug-likeness (QED) is 0.428. The van der Waals surface area contributed by atoms with E-state index in [2.05, 4.69) is 13.8 Å². The summed E-state index contributed by atoms with van der Waals surface area (Å²) < 4.78 is 11.1. The lowest BCUT2D eigenvalue weighted by molar-refractivity contribution is 0.000313. The molecule has 1 aliphatic carbocycles. The molecule has 0 heterocycles. The number of carbonyl (C=O) groups is 2. The molecule has 1 aromatic rings. The molecule has 2 unspecified atom stereocenters. The van der Waals surface area contributed by atoms with Crippen molar-refractivity contribution in [2.75, 3.05) is 6.61 Å². The van der Waals surface area contributed by atoms with E-state index in [0.29, 0.717) is 23.7 Å². The van der Waals surface area contributed by atoms with Crippen LogP contribution in [0.5, 0.6) is 0 Å². The average Bonchev–Trinajstić information content (AvgIpc) is 2.68. The SMILES string of the molecule is CCCCCCOC(=O)c1ccccc1C(=O)OC1CCCCC1CC. The molecule has 0 bridgehead atoms. The fraction of sp³-hybridized carbons (Fsp3) is 0.636. The first-order chi connectivity index (χ1) is 12.7. The van der Waals surface area contributed by atoms with E-state index in [4.69, 9.17) is 9.47 Å². The van der Waals surface area contributed by atoms with Crippen LogP contribution in [-0.4, -0.2) is 24.6 Å². The van der Waals surface area contributed by atoms with Gasteiger partial charge in [0, 0.05) is 0 Å². The van der Waals surface area contributed by atoms with Gasteiger partial charge in [-0.3, -0.25) is 0 Å². The first-order valence-corrected chi connectivity index (χ1v) is 10.1. The van der Waals surface area contributed by atoms with Gasteiger partial charge in [-0.2, -0.15) is 0 Å². The summed E-state index contributed by atoms with van der Waals surface area (Å²) >= 11 is 0. The van der Waals surface area contributed by atoms with E-state index in [1.165, 1.54) is 6.42 Å². The van der Waals surface area contributed by atoms with Gasteiger partial charge in [0.1, 0.15) is 6.10 Å². The van der Waals surface area contributed by atoms with Crippen molar-refractivity contribution in [3.8, 4) is 0 Å². The maximum Gasteiger partial charge on any atom is 0.339 e. The van der Waals surface area contributed by atoms with Gasteiger partial charge in [-0.05, 0) is 50.2 Å². The zero-order valence-electron chi connectivity index (χ0n) is 16.2. The predicted octanol–water partition coefficient (Wildman–Crippen LogP) is 5.55. The van der Waals surface area contributed by atoms with E-state index < -0.39 is 11.9 Å². The third kappa shape index (κ3) is 5.86. The monoisotopic (exact) mass is 360 g/mol. The van der Waals surface area contributed by atoms with Crippen molar-refractivity contribution in [2.24, 2.45) is 5.92 Å². The standard InChI is InChI=1S/C22H32O4/c1-3-5-6-11-16-25-21(23)18-13-8-9-14-19(18)22(24)26-20-15-10-7-12-17(20)4-2/h8-9,13-14,17,20H,3-7,10-12,15-16H2,1-2H3. The number of benzene rings is 1. The second kappa shape index (κ2) is 11.0. The molecule has 0 aromatic heterocycles. The van der Waals surface area contributed by atoms with Gasteiger partial charge in [-0.1, -0.05) is 51.7 Å². The normalized spacial score (nSPS) is 19.8. The third-order valence-electron chi connectivity index (χ3n) is 5.22. The summed E-state index contributed by atoms with van der Waals surface area (Å²) in [5.74, 6) is -0.427. The van der Waals surface area contributed by atoms with Crippen molar-refractivity contribution in [1.29, 1.82) is 0 Å². The Labute approximate surface area is 157 Å². The first-order valence-electron chi connectivity index (χ1n) is 10.1. The van der Waals surface area contributed by atoms with E-state index in [-0.39, 0.29) is 6.10 Å². The Morgan fingerprint density at radius 2 is 1.65 bits per heavy atom. The molecule has 0 aliphatic heterocycles. The number of ether oxygens (including phenoxy) is 2. The Morgan fingerprint density at radius 1 is 0.962 bits per heavy atom. The second-order valence-corrected chi connectivity index (χ2v) is 7.14. The highest BCUT2D eigenvalue weighted by Crippen LogP contribution is 2.30. The van der Waals surface area contributed by atoms with Gasteiger partial charge in [0.25, 0.3) is 0 Å². The molecule has 26 heavy (non-hydrogen) atoms. The van der Waals surface area contributed by atoms with Gasteiger partial charge < -0.3 is 9.47 Å². The highest BCUT2D eigenvalue weighted by Gasteiger charge is 2.28. The van der Waals surface area contributed by atoms with Crippen LogP contribution >= 0.6 is 0 Å². The summed E-state index contributed by atoms with van der Waals surface area (Å²) in [6.07, 6.45) is 9.47. The molecule has 1 aromatic carbocycles. The molecule has 2 rings (SSSR count). The Morgan fingerprint density at radius 3 is 2.35 bits per heavy atom. The smallest absolute Gasteiger partial charge is 0.339 e. The van der Waals surface area contributed by atoms with Gasteiger partial charge in [-0.15, -0.1) is 0 Å². The van der Waals surface area contributed by atoms with Gasteiger partial charge in [0.2, 0.25) is 0 Å². The Balaban J connectivity index is 1.98. The van der Waals surface area contributed by atoms with Crippen molar-refractivity contribution >= 4 is 11.9 Å². The van der Waals surface area contributed by atoms with Crippen LogP contribution < -0.4 is 0 Å². The van der Waals surface area contributed by atoms with E-state index in [1.54, 1.807) is 24.3 Å². The molecule has 0 N–H and O–H groups in total. The van der Waals surface area contributed by atoms with Crippen molar-refractivity contribution in [3.05, 3.63) is 35.4 Å². The van der Waals surface area contributed by atoms with Crippen molar-refractivity contribution in [1.82, 2.24) is 0 Å². The number of hydrogen-bond donors (Lipinski definition) is 0. The third-order valence-corrected chi connectivity index (χ3v) is 5.22. The van der Waals surface area contributed by atoms with Crippen LogP contribution in [0.1, 0.15) is 92.4 Å². The fourth-order valence-electron chi connectivity index (χ4n) is 3.61. The van der Waals surface area contributed by atoms with Gasteiger partial charge in [0.15, 0.2) is 0 Å². The van der Waals surface area contributed by atoms with Crippen LogP contribution in [0.15, 0.2) is 24.3 Å². The molecule has 4 nitrogen and oxygen atoms in total. The highest BCUT2D eigenvalue weighted by atomic mass is 16.5. The molecule has 4 heteroatoms. The predicted molar refractivity (Wildman–Crippen MR) is 102 cm³/mol. The van der Waals surface area contributed by atoms with Gasteiger partial charge in [0.05, 0.1) is 17.7 Å². The summed E-state index contributed by atoms with van der Waals surface area (Å²) in [6.45, 7) is 4.67. The van der Waals surface area contributed by atoms with Crippen molar-refractivity contribution < 1.29 is 19.1 Å². The number of carbonyl (C=O) groups excluding carboxylic acids is 2. The van der Waals surface area contributed by atoms with Gasteiger partial charge >= 0.3 is 11.9 Å². The molecule has 0 radical (unpaired) electrons. The van der Waals surface area contributed by atoms with Crippen LogP contribution in [0.4, 0.5) is 0 Å². The lowest BCUT2D eigenvalue weighted by atomic mass is 9.85. The van der Waals surface area contributed by atoms with E-state index in [9.17, 15) is 9.59 Å².